The summed E-state index contributed by atoms with van der Waals surface area (Å²) in [4.78, 5) is 5.07. The molecule has 0 aliphatic carbocycles. The van der Waals surface area contributed by atoms with Crippen LogP contribution in [0.2, 0.25) is 0 Å². The van der Waals surface area contributed by atoms with E-state index in [1.54, 1.807) is 0 Å². The van der Waals surface area contributed by atoms with Gasteiger partial charge in [-0.2, -0.15) is 0 Å². The molecule has 0 bridgehead atoms. The van der Waals surface area contributed by atoms with Crippen LogP contribution >= 0.6 is 0 Å². The highest BCUT2D eigenvalue weighted by Gasteiger charge is 2.07. The molecule has 0 saturated heterocycles. The van der Waals surface area contributed by atoms with Gasteiger partial charge in [0.2, 0.25) is 0 Å². The summed E-state index contributed by atoms with van der Waals surface area (Å²) < 4.78 is 0. The van der Waals surface area contributed by atoms with Gasteiger partial charge in [-0.15, -0.1) is 0 Å². The summed E-state index contributed by atoms with van der Waals surface area (Å²) in [5, 5.41) is 0. The zero-order chi connectivity index (χ0) is 16.3. The standard InChI is InChI=1S/C21H30N2/c1-3-22(18-20-12-7-5-8-13-20)16-11-17-23(4-2)19-21-14-9-6-10-15-21/h5-10,12-15H,3-4,11,16-19H2,1-2H3. The fourth-order valence-electron chi connectivity index (χ4n) is 2.90. The van der Waals surface area contributed by atoms with Crippen LogP contribution in [0.25, 0.3) is 0 Å². The normalized spacial score (nSPS) is 11.3. The van der Waals surface area contributed by atoms with Crippen LogP contribution in [0.1, 0.15) is 31.4 Å². The van der Waals surface area contributed by atoms with Crippen LogP contribution in [-0.2, 0) is 13.1 Å². The molecule has 23 heavy (non-hydrogen) atoms. The Morgan fingerprint density at radius 2 is 1.00 bits per heavy atom. The van der Waals surface area contributed by atoms with E-state index in [2.05, 4.69) is 84.3 Å². The molecule has 0 spiro atoms. The molecule has 0 unspecified atom stereocenters. The predicted octanol–water partition coefficient (Wildman–Crippen LogP) is 4.42. The van der Waals surface area contributed by atoms with E-state index in [4.69, 9.17) is 0 Å². The van der Waals surface area contributed by atoms with Gasteiger partial charge in [0.05, 0.1) is 0 Å². The topological polar surface area (TPSA) is 6.48 Å². The fraction of sp³-hybridized carbons (Fsp3) is 0.429. The highest BCUT2D eigenvalue weighted by Crippen LogP contribution is 2.07. The minimum atomic E-state index is 1.06. The molecule has 2 heteroatoms. The van der Waals surface area contributed by atoms with Gasteiger partial charge in [-0.1, -0.05) is 74.5 Å². The van der Waals surface area contributed by atoms with Crippen molar-refractivity contribution in [3.8, 4) is 0 Å². The second-order valence-corrected chi connectivity index (χ2v) is 6.06. The molecule has 0 heterocycles. The smallest absolute Gasteiger partial charge is 0.0233 e. The van der Waals surface area contributed by atoms with Crippen molar-refractivity contribution in [1.29, 1.82) is 0 Å². The third-order valence-corrected chi connectivity index (χ3v) is 4.34. The molecule has 0 N–H and O–H groups in total. The van der Waals surface area contributed by atoms with E-state index in [-0.39, 0.29) is 0 Å². The lowest BCUT2D eigenvalue weighted by Gasteiger charge is -2.24. The van der Waals surface area contributed by atoms with Crippen molar-refractivity contribution in [3.63, 3.8) is 0 Å². The van der Waals surface area contributed by atoms with Gasteiger partial charge in [-0.3, -0.25) is 9.80 Å². The fourth-order valence-corrected chi connectivity index (χ4v) is 2.90. The molecule has 0 fully saturated rings. The molecule has 2 nitrogen and oxygen atoms in total. The first-order chi connectivity index (χ1) is 11.3. The Kier molecular flexibility index (Phi) is 7.85. The lowest BCUT2D eigenvalue weighted by Crippen LogP contribution is -2.29. The van der Waals surface area contributed by atoms with Gasteiger partial charge in [0.1, 0.15) is 0 Å². The summed E-state index contributed by atoms with van der Waals surface area (Å²) in [6, 6.07) is 21.6. The molecule has 124 valence electrons. The van der Waals surface area contributed by atoms with Gasteiger partial charge in [-0.05, 0) is 43.7 Å². The third kappa shape index (κ3) is 6.55. The minimum Gasteiger partial charge on any atom is -0.299 e. The van der Waals surface area contributed by atoms with Crippen molar-refractivity contribution in [2.45, 2.75) is 33.4 Å². The van der Waals surface area contributed by atoms with E-state index in [1.165, 1.54) is 17.5 Å². The Hall–Kier alpha value is -1.64. The lowest BCUT2D eigenvalue weighted by atomic mass is 10.2. The Balaban J connectivity index is 1.75. The molecule has 0 aromatic heterocycles. The monoisotopic (exact) mass is 310 g/mol. The molecule has 0 radical (unpaired) electrons. The average Bonchev–Trinajstić information content (AvgIpc) is 2.61. The van der Waals surface area contributed by atoms with E-state index in [0.717, 1.165) is 39.3 Å². The lowest BCUT2D eigenvalue weighted by molar-refractivity contribution is 0.229. The summed E-state index contributed by atoms with van der Waals surface area (Å²) in [7, 11) is 0. The highest BCUT2D eigenvalue weighted by atomic mass is 15.1. The second-order valence-electron chi connectivity index (χ2n) is 6.06. The predicted molar refractivity (Wildman–Crippen MR) is 99.4 cm³/mol. The largest absolute Gasteiger partial charge is 0.299 e. The maximum Gasteiger partial charge on any atom is 0.0233 e. The summed E-state index contributed by atoms with van der Waals surface area (Å²) >= 11 is 0. The van der Waals surface area contributed by atoms with Crippen molar-refractivity contribution in [2.24, 2.45) is 0 Å². The molecule has 2 rings (SSSR count). The number of hydrogen-bond donors (Lipinski definition) is 0. The van der Waals surface area contributed by atoms with E-state index in [1.807, 2.05) is 0 Å². The Bertz CT molecular complexity index is 475. The van der Waals surface area contributed by atoms with Crippen molar-refractivity contribution < 1.29 is 0 Å². The SMILES string of the molecule is CCN(CCCN(CC)Cc1ccccc1)Cc1ccccc1. The van der Waals surface area contributed by atoms with Crippen LogP contribution < -0.4 is 0 Å². The summed E-state index contributed by atoms with van der Waals surface area (Å²) in [6.45, 7) is 11.2. The van der Waals surface area contributed by atoms with Crippen LogP contribution in [0.3, 0.4) is 0 Å². The first kappa shape index (κ1) is 17.7. The summed E-state index contributed by atoms with van der Waals surface area (Å²) in [5.41, 5.74) is 2.82. The Morgan fingerprint density at radius 1 is 0.609 bits per heavy atom. The molecule has 2 aromatic carbocycles. The first-order valence-corrected chi connectivity index (χ1v) is 8.84. The van der Waals surface area contributed by atoms with E-state index >= 15 is 0 Å². The number of hydrogen-bond acceptors (Lipinski definition) is 2. The van der Waals surface area contributed by atoms with Crippen LogP contribution in [-0.4, -0.2) is 36.0 Å². The number of rotatable bonds is 10. The number of nitrogens with zero attached hydrogens (tertiary/aromatic N) is 2. The molecule has 0 amide bonds. The molecule has 0 atom stereocenters. The summed E-state index contributed by atoms with van der Waals surface area (Å²) in [6.07, 6.45) is 1.22. The van der Waals surface area contributed by atoms with E-state index < -0.39 is 0 Å². The van der Waals surface area contributed by atoms with Gasteiger partial charge in [-0.25, -0.2) is 0 Å². The van der Waals surface area contributed by atoms with Gasteiger partial charge in [0, 0.05) is 13.1 Å². The second kappa shape index (κ2) is 10.2. The average molecular weight is 310 g/mol. The minimum absolute atomic E-state index is 1.06. The van der Waals surface area contributed by atoms with Crippen molar-refractivity contribution in [3.05, 3.63) is 71.8 Å². The molecular formula is C21H30N2. The zero-order valence-corrected chi connectivity index (χ0v) is 14.6. The van der Waals surface area contributed by atoms with Gasteiger partial charge >= 0.3 is 0 Å². The van der Waals surface area contributed by atoms with Crippen molar-refractivity contribution >= 4 is 0 Å². The van der Waals surface area contributed by atoms with Gasteiger partial charge < -0.3 is 0 Å². The van der Waals surface area contributed by atoms with Gasteiger partial charge in [0.15, 0.2) is 0 Å². The maximum atomic E-state index is 2.53. The molecule has 2 aromatic rings. The van der Waals surface area contributed by atoms with Gasteiger partial charge in [0.25, 0.3) is 0 Å². The maximum absolute atomic E-state index is 2.53. The summed E-state index contributed by atoms with van der Waals surface area (Å²) in [5.74, 6) is 0. The molecule has 0 aliphatic heterocycles. The molecular weight excluding hydrogens is 280 g/mol. The van der Waals surface area contributed by atoms with Crippen LogP contribution in [0.5, 0.6) is 0 Å². The first-order valence-electron chi connectivity index (χ1n) is 8.84. The molecule has 0 aliphatic rings. The van der Waals surface area contributed by atoms with Crippen LogP contribution in [0.15, 0.2) is 60.7 Å². The molecule has 0 saturated carbocycles. The number of benzene rings is 2. The van der Waals surface area contributed by atoms with Crippen molar-refractivity contribution in [2.75, 3.05) is 26.2 Å². The highest BCUT2D eigenvalue weighted by molar-refractivity contribution is 5.15. The van der Waals surface area contributed by atoms with Crippen LogP contribution in [0.4, 0.5) is 0 Å². The Morgan fingerprint density at radius 3 is 1.35 bits per heavy atom. The Labute approximate surface area is 141 Å². The van der Waals surface area contributed by atoms with E-state index in [0.29, 0.717) is 0 Å². The third-order valence-electron chi connectivity index (χ3n) is 4.34. The van der Waals surface area contributed by atoms with E-state index in [9.17, 15) is 0 Å². The van der Waals surface area contributed by atoms with Crippen LogP contribution in [0, 0.1) is 0 Å². The quantitative estimate of drug-likeness (QED) is 0.641. The van der Waals surface area contributed by atoms with Crippen molar-refractivity contribution in [1.82, 2.24) is 9.80 Å². The zero-order valence-electron chi connectivity index (χ0n) is 14.6.